The van der Waals surface area contributed by atoms with Crippen LogP contribution in [0.3, 0.4) is 0 Å². The molecule has 0 N–H and O–H groups in total. The Hall–Kier alpha value is 0.990. The second-order valence-corrected chi connectivity index (χ2v) is 5.67. The summed E-state index contributed by atoms with van der Waals surface area (Å²) < 4.78 is 0. The first-order valence-electron chi connectivity index (χ1n) is 4.06. The van der Waals surface area contributed by atoms with Crippen molar-refractivity contribution in [3.63, 3.8) is 0 Å². The van der Waals surface area contributed by atoms with Crippen molar-refractivity contribution < 1.29 is 0 Å². The molecule has 0 radical (unpaired) electrons. The van der Waals surface area contributed by atoms with Crippen molar-refractivity contribution in [3.05, 3.63) is 0 Å². The van der Waals surface area contributed by atoms with E-state index in [4.69, 9.17) is 11.6 Å². The lowest BCUT2D eigenvalue weighted by atomic mass is 10.4. The number of alkyl halides is 1. The van der Waals surface area contributed by atoms with Crippen LogP contribution in [-0.4, -0.2) is 28.4 Å². The standard InChI is InChI=1S/C8H17ClS2/c1-3-10-6-7-11-8(2)4-5-9/h8H,3-7H2,1-2H3. The van der Waals surface area contributed by atoms with Gasteiger partial charge in [0.15, 0.2) is 0 Å². The van der Waals surface area contributed by atoms with Gasteiger partial charge < -0.3 is 0 Å². The van der Waals surface area contributed by atoms with Crippen molar-refractivity contribution in [2.24, 2.45) is 0 Å². The third-order valence-electron chi connectivity index (χ3n) is 1.35. The van der Waals surface area contributed by atoms with E-state index in [0.29, 0.717) is 0 Å². The molecule has 0 aromatic carbocycles. The van der Waals surface area contributed by atoms with E-state index in [2.05, 4.69) is 13.8 Å². The summed E-state index contributed by atoms with van der Waals surface area (Å²) in [5, 5.41) is 0.741. The minimum atomic E-state index is 0.741. The van der Waals surface area contributed by atoms with Crippen LogP contribution in [0.15, 0.2) is 0 Å². The summed E-state index contributed by atoms with van der Waals surface area (Å²) in [6.07, 6.45) is 1.14. The Morgan fingerprint density at radius 1 is 1.36 bits per heavy atom. The minimum absolute atomic E-state index is 0.741. The molecule has 3 heteroatoms. The molecular formula is C8H17ClS2. The van der Waals surface area contributed by atoms with Gasteiger partial charge in [-0.15, -0.1) is 11.6 Å². The molecule has 0 nitrogen and oxygen atoms in total. The Morgan fingerprint density at radius 3 is 2.64 bits per heavy atom. The van der Waals surface area contributed by atoms with Crippen molar-refractivity contribution >= 4 is 35.1 Å². The number of rotatable bonds is 7. The first kappa shape index (κ1) is 12.0. The van der Waals surface area contributed by atoms with Gasteiger partial charge in [-0.1, -0.05) is 13.8 Å². The molecule has 0 bridgehead atoms. The van der Waals surface area contributed by atoms with Gasteiger partial charge in [0, 0.05) is 22.6 Å². The molecule has 0 aliphatic carbocycles. The van der Waals surface area contributed by atoms with Crippen molar-refractivity contribution in [2.75, 3.05) is 23.1 Å². The average molecular weight is 213 g/mol. The van der Waals surface area contributed by atoms with E-state index < -0.39 is 0 Å². The average Bonchev–Trinajstić information content (AvgIpc) is 1.99. The summed E-state index contributed by atoms with van der Waals surface area (Å²) in [5.41, 5.74) is 0. The maximum Gasteiger partial charge on any atom is 0.0233 e. The summed E-state index contributed by atoms with van der Waals surface area (Å²) in [6.45, 7) is 4.46. The Balaban J connectivity index is 2.97. The third-order valence-corrected chi connectivity index (χ3v) is 3.97. The highest BCUT2D eigenvalue weighted by atomic mass is 35.5. The van der Waals surface area contributed by atoms with E-state index in [0.717, 1.165) is 17.6 Å². The Morgan fingerprint density at radius 2 is 2.09 bits per heavy atom. The molecule has 0 saturated heterocycles. The summed E-state index contributed by atoms with van der Waals surface area (Å²) in [4.78, 5) is 0. The third kappa shape index (κ3) is 8.90. The molecule has 1 unspecified atom stereocenters. The molecule has 0 aromatic heterocycles. The molecule has 0 aliphatic rings. The van der Waals surface area contributed by atoms with Crippen molar-refractivity contribution in [3.8, 4) is 0 Å². The Labute approximate surface area is 83.8 Å². The molecule has 68 valence electrons. The van der Waals surface area contributed by atoms with Crippen LogP contribution >= 0.6 is 35.1 Å². The molecular weight excluding hydrogens is 196 g/mol. The molecule has 0 heterocycles. The highest BCUT2D eigenvalue weighted by Gasteiger charge is 1.99. The van der Waals surface area contributed by atoms with Gasteiger partial charge in [0.2, 0.25) is 0 Å². The lowest BCUT2D eigenvalue weighted by Gasteiger charge is -2.07. The van der Waals surface area contributed by atoms with E-state index in [1.165, 1.54) is 17.3 Å². The zero-order valence-electron chi connectivity index (χ0n) is 7.31. The number of hydrogen-bond acceptors (Lipinski definition) is 2. The fraction of sp³-hybridized carbons (Fsp3) is 1.00. The smallest absolute Gasteiger partial charge is 0.0233 e. The van der Waals surface area contributed by atoms with Crippen LogP contribution in [-0.2, 0) is 0 Å². The SMILES string of the molecule is CCSCCSC(C)CCCl. The number of halogens is 1. The highest BCUT2D eigenvalue weighted by molar-refractivity contribution is 8.03. The number of hydrogen-bond donors (Lipinski definition) is 0. The highest BCUT2D eigenvalue weighted by Crippen LogP contribution is 2.16. The zero-order valence-corrected chi connectivity index (χ0v) is 9.70. The van der Waals surface area contributed by atoms with Gasteiger partial charge in [-0.05, 0) is 12.2 Å². The monoisotopic (exact) mass is 212 g/mol. The lowest BCUT2D eigenvalue weighted by Crippen LogP contribution is -1.99. The van der Waals surface area contributed by atoms with Gasteiger partial charge in [-0.25, -0.2) is 0 Å². The van der Waals surface area contributed by atoms with Gasteiger partial charge in [-0.2, -0.15) is 23.5 Å². The molecule has 11 heavy (non-hydrogen) atoms. The summed E-state index contributed by atoms with van der Waals surface area (Å²) in [5.74, 6) is 4.60. The van der Waals surface area contributed by atoms with Crippen LogP contribution in [0.2, 0.25) is 0 Å². The van der Waals surface area contributed by atoms with Crippen LogP contribution in [0.5, 0.6) is 0 Å². The van der Waals surface area contributed by atoms with Crippen molar-refractivity contribution in [1.82, 2.24) is 0 Å². The Kier molecular flexibility index (Phi) is 9.90. The van der Waals surface area contributed by atoms with Gasteiger partial charge in [0.05, 0.1) is 0 Å². The minimum Gasteiger partial charge on any atom is -0.161 e. The predicted molar refractivity (Wildman–Crippen MR) is 60.3 cm³/mol. The van der Waals surface area contributed by atoms with Crippen molar-refractivity contribution in [2.45, 2.75) is 25.5 Å². The van der Waals surface area contributed by atoms with Crippen LogP contribution in [0.4, 0.5) is 0 Å². The van der Waals surface area contributed by atoms with Gasteiger partial charge in [-0.3, -0.25) is 0 Å². The first-order valence-corrected chi connectivity index (χ1v) is 6.80. The van der Waals surface area contributed by atoms with E-state index in [9.17, 15) is 0 Å². The largest absolute Gasteiger partial charge is 0.161 e. The Bertz CT molecular complexity index is 78.5. The first-order chi connectivity index (χ1) is 5.31. The van der Waals surface area contributed by atoms with Gasteiger partial charge in [0.25, 0.3) is 0 Å². The molecule has 0 amide bonds. The lowest BCUT2D eigenvalue weighted by molar-refractivity contribution is 0.913. The molecule has 0 rings (SSSR count). The molecule has 0 aromatic rings. The zero-order chi connectivity index (χ0) is 8.53. The quantitative estimate of drug-likeness (QED) is 0.468. The van der Waals surface area contributed by atoms with Gasteiger partial charge >= 0.3 is 0 Å². The van der Waals surface area contributed by atoms with Crippen LogP contribution in [0.1, 0.15) is 20.3 Å². The fourth-order valence-corrected chi connectivity index (χ4v) is 2.98. The van der Waals surface area contributed by atoms with Crippen LogP contribution in [0, 0.1) is 0 Å². The van der Waals surface area contributed by atoms with Crippen LogP contribution in [0.25, 0.3) is 0 Å². The molecule has 0 aliphatic heterocycles. The van der Waals surface area contributed by atoms with E-state index >= 15 is 0 Å². The topological polar surface area (TPSA) is 0 Å². The van der Waals surface area contributed by atoms with Crippen LogP contribution < -0.4 is 0 Å². The fourth-order valence-electron chi connectivity index (χ4n) is 0.690. The predicted octanol–water partition coefficient (Wildman–Crippen LogP) is 3.49. The van der Waals surface area contributed by atoms with E-state index in [-0.39, 0.29) is 0 Å². The number of thioether (sulfide) groups is 2. The maximum absolute atomic E-state index is 5.62. The van der Waals surface area contributed by atoms with Gasteiger partial charge in [0.1, 0.15) is 0 Å². The summed E-state index contributed by atoms with van der Waals surface area (Å²) >= 11 is 9.67. The molecule has 0 saturated carbocycles. The second-order valence-electron chi connectivity index (χ2n) is 2.36. The van der Waals surface area contributed by atoms with Crippen molar-refractivity contribution in [1.29, 1.82) is 0 Å². The molecule has 1 atom stereocenters. The summed E-state index contributed by atoms with van der Waals surface area (Å²) in [7, 11) is 0. The van der Waals surface area contributed by atoms with E-state index in [1.807, 2.05) is 23.5 Å². The summed E-state index contributed by atoms with van der Waals surface area (Å²) in [6, 6.07) is 0. The van der Waals surface area contributed by atoms with E-state index in [1.54, 1.807) is 0 Å². The molecule has 0 spiro atoms. The normalized spacial score (nSPS) is 13.4. The second kappa shape index (κ2) is 9.08. The maximum atomic E-state index is 5.62. The molecule has 0 fully saturated rings.